The van der Waals surface area contributed by atoms with Crippen molar-refractivity contribution in [2.75, 3.05) is 66.6 Å². The summed E-state index contributed by atoms with van der Waals surface area (Å²) in [6.07, 6.45) is 0.821. The number of carbonyl (C=O) groups is 2. The molecule has 2 aliphatic heterocycles. The monoisotopic (exact) mass is 299 g/mol. The molecule has 0 bridgehead atoms. The molecule has 7 nitrogen and oxygen atoms in total. The number of nitrogens with zero attached hydrogens (tertiary/aromatic N) is 2. The van der Waals surface area contributed by atoms with Crippen LogP contribution >= 0.6 is 0 Å². The number of amides is 1. The number of rotatable bonds is 5. The molecule has 21 heavy (non-hydrogen) atoms. The summed E-state index contributed by atoms with van der Waals surface area (Å²) in [4.78, 5) is 28.0. The quantitative estimate of drug-likeness (QED) is 0.652. The summed E-state index contributed by atoms with van der Waals surface area (Å²) in [6, 6.07) is 0. The molecule has 7 heteroatoms. The van der Waals surface area contributed by atoms with Gasteiger partial charge in [0, 0.05) is 39.8 Å². The second-order valence-electron chi connectivity index (χ2n) is 5.78. The second-order valence-corrected chi connectivity index (χ2v) is 5.78. The minimum Gasteiger partial charge on any atom is -0.468 e. The van der Waals surface area contributed by atoms with Crippen LogP contribution in [0.3, 0.4) is 0 Å². The molecule has 2 fully saturated rings. The van der Waals surface area contributed by atoms with E-state index in [1.165, 1.54) is 7.11 Å². The van der Waals surface area contributed by atoms with Gasteiger partial charge in [-0.05, 0) is 13.0 Å². The maximum Gasteiger partial charge on any atom is 0.319 e. The zero-order valence-electron chi connectivity index (χ0n) is 12.9. The molecule has 0 aliphatic carbocycles. The Morgan fingerprint density at radius 3 is 2.43 bits per heavy atom. The van der Waals surface area contributed by atoms with Gasteiger partial charge in [-0.3, -0.25) is 14.5 Å². The van der Waals surface area contributed by atoms with E-state index in [0.29, 0.717) is 45.9 Å². The van der Waals surface area contributed by atoms with Crippen LogP contribution in [0.5, 0.6) is 0 Å². The molecule has 0 radical (unpaired) electrons. The van der Waals surface area contributed by atoms with E-state index in [2.05, 4.69) is 10.1 Å². The number of esters is 1. The summed E-state index contributed by atoms with van der Waals surface area (Å²) >= 11 is 0. The zero-order valence-corrected chi connectivity index (χ0v) is 12.9. The van der Waals surface area contributed by atoms with Crippen LogP contribution in [-0.2, 0) is 19.1 Å². The predicted octanol–water partition coefficient (Wildman–Crippen LogP) is -1.07. The molecule has 2 saturated heterocycles. The summed E-state index contributed by atoms with van der Waals surface area (Å²) in [7, 11) is 3.03. The van der Waals surface area contributed by atoms with Crippen molar-refractivity contribution in [1.29, 1.82) is 0 Å². The number of hydrogen-bond donors (Lipinski definition) is 1. The Kier molecular flexibility index (Phi) is 5.55. The molecule has 0 saturated carbocycles. The van der Waals surface area contributed by atoms with Gasteiger partial charge < -0.3 is 19.7 Å². The molecular formula is C14H25N3O4. The zero-order chi connectivity index (χ0) is 15.3. The highest BCUT2D eigenvalue weighted by Gasteiger charge is 2.44. The largest absolute Gasteiger partial charge is 0.468 e. The Morgan fingerprint density at radius 1 is 1.19 bits per heavy atom. The molecule has 2 heterocycles. The highest BCUT2D eigenvalue weighted by atomic mass is 16.5. The van der Waals surface area contributed by atoms with E-state index in [9.17, 15) is 9.59 Å². The van der Waals surface area contributed by atoms with E-state index in [1.54, 1.807) is 7.11 Å². The lowest BCUT2D eigenvalue weighted by molar-refractivity contribution is -0.147. The lowest BCUT2D eigenvalue weighted by atomic mass is 9.86. The summed E-state index contributed by atoms with van der Waals surface area (Å²) in [5.41, 5.74) is -0.417. The summed E-state index contributed by atoms with van der Waals surface area (Å²) in [6.45, 7) is 5.02. The van der Waals surface area contributed by atoms with Gasteiger partial charge in [-0.25, -0.2) is 0 Å². The van der Waals surface area contributed by atoms with E-state index in [-0.39, 0.29) is 11.9 Å². The minimum absolute atomic E-state index is 0.173. The molecule has 120 valence electrons. The third kappa shape index (κ3) is 3.72. The first-order valence-electron chi connectivity index (χ1n) is 7.39. The number of hydrogen-bond acceptors (Lipinski definition) is 6. The molecule has 2 aliphatic rings. The van der Waals surface area contributed by atoms with Crippen LogP contribution in [0.2, 0.25) is 0 Å². The molecule has 1 N–H and O–H groups in total. The fourth-order valence-electron chi connectivity index (χ4n) is 3.08. The third-order valence-corrected chi connectivity index (χ3v) is 4.36. The topological polar surface area (TPSA) is 71.1 Å². The SMILES string of the molecule is COCC1(C(=O)N2CCN(CC(=O)OC)CC2)CCNC1. The molecule has 0 spiro atoms. The van der Waals surface area contributed by atoms with Gasteiger partial charge >= 0.3 is 5.97 Å². The number of ether oxygens (including phenoxy) is 2. The predicted molar refractivity (Wildman–Crippen MR) is 76.8 cm³/mol. The van der Waals surface area contributed by atoms with Crippen LogP contribution < -0.4 is 5.32 Å². The average molecular weight is 299 g/mol. The van der Waals surface area contributed by atoms with Gasteiger partial charge in [0.15, 0.2) is 0 Å². The molecule has 0 aromatic heterocycles. The fraction of sp³-hybridized carbons (Fsp3) is 0.857. The lowest BCUT2D eigenvalue weighted by Crippen LogP contribution is -2.55. The van der Waals surface area contributed by atoms with Gasteiger partial charge in [0.25, 0.3) is 0 Å². The molecule has 1 unspecified atom stereocenters. The average Bonchev–Trinajstić information content (AvgIpc) is 2.97. The van der Waals surface area contributed by atoms with E-state index >= 15 is 0 Å². The van der Waals surface area contributed by atoms with E-state index in [4.69, 9.17) is 4.74 Å². The maximum atomic E-state index is 12.8. The maximum absolute atomic E-state index is 12.8. The molecule has 1 amide bonds. The Labute approximate surface area is 125 Å². The Bertz CT molecular complexity index is 374. The van der Waals surface area contributed by atoms with Gasteiger partial charge in [-0.2, -0.15) is 0 Å². The normalized spacial score (nSPS) is 26.9. The number of nitrogens with one attached hydrogen (secondary N) is 1. The molecule has 0 aromatic carbocycles. The van der Waals surface area contributed by atoms with Crippen LogP contribution in [0, 0.1) is 5.41 Å². The van der Waals surface area contributed by atoms with Crippen LogP contribution in [0.4, 0.5) is 0 Å². The van der Waals surface area contributed by atoms with E-state index in [0.717, 1.165) is 13.0 Å². The van der Waals surface area contributed by atoms with Gasteiger partial charge in [0.2, 0.25) is 5.91 Å². The fourth-order valence-corrected chi connectivity index (χ4v) is 3.08. The van der Waals surface area contributed by atoms with Crippen molar-refractivity contribution in [2.45, 2.75) is 6.42 Å². The smallest absolute Gasteiger partial charge is 0.319 e. The number of methoxy groups -OCH3 is 2. The lowest BCUT2D eigenvalue weighted by Gasteiger charge is -2.39. The van der Waals surface area contributed by atoms with Gasteiger partial charge in [-0.1, -0.05) is 0 Å². The Morgan fingerprint density at radius 2 is 1.90 bits per heavy atom. The van der Waals surface area contributed by atoms with Crippen molar-refractivity contribution in [1.82, 2.24) is 15.1 Å². The number of carbonyl (C=O) groups excluding carboxylic acids is 2. The van der Waals surface area contributed by atoms with Crippen molar-refractivity contribution < 1.29 is 19.1 Å². The first-order chi connectivity index (χ1) is 10.1. The van der Waals surface area contributed by atoms with Gasteiger partial charge in [-0.15, -0.1) is 0 Å². The molecule has 0 aromatic rings. The summed E-state index contributed by atoms with van der Waals surface area (Å²) < 4.78 is 9.94. The standard InChI is InChI=1S/C14H25N3O4/c1-20-11-14(3-4-15-10-14)13(19)17-7-5-16(6-8-17)9-12(18)21-2/h15H,3-11H2,1-2H3. The molecule has 2 rings (SSSR count). The van der Waals surface area contributed by atoms with Crippen LogP contribution in [0.15, 0.2) is 0 Å². The third-order valence-electron chi connectivity index (χ3n) is 4.36. The van der Waals surface area contributed by atoms with Crippen molar-refractivity contribution in [3.63, 3.8) is 0 Å². The van der Waals surface area contributed by atoms with Crippen molar-refractivity contribution in [3.05, 3.63) is 0 Å². The summed E-state index contributed by atoms with van der Waals surface area (Å²) in [5, 5.41) is 3.26. The first-order valence-corrected chi connectivity index (χ1v) is 7.39. The van der Waals surface area contributed by atoms with Gasteiger partial charge in [0.05, 0.1) is 25.7 Å². The van der Waals surface area contributed by atoms with Crippen molar-refractivity contribution in [2.24, 2.45) is 5.41 Å². The minimum atomic E-state index is -0.417. The Hall–Kier alpha value is -1.18. The molecule has 1 atom stereocenters. The summed E-state index contributed by atoms with van der Waals surface area (Å²) in [5.74, 6) is -0.0577. The van der Waals surface area contributed by atoms with Crippen molar-refractivity contribution in [3.8, 4) is 0 Å². The van der Waals surface area contributed by atoms with Gasteiger partial charge in [0.1, 0.15) is 0 Å². The van der Waals surface area contributed by atoms with E-state index < -0.39 is 5.41 Å². The van der Waals surface area contributed by atoms with Crippen LogP contribution in [0.25, 0.3) is 0 Å². The second kappa shape index (κ2) is 7.20. The Balaban J connectivity index is 1.89. The number of piperazine rings is 1. The van der Waals surface area contributed by atoms with Crippen molar-refractivity contribution >= 4 is 11.9 Å². The molecular weight excluding hydrogens is 274 g/mol. The van der Waals surface area contributed by atoms with Crippen LogP contribution in [-0.4, -0.2) is 88.3 Å². The van der Waals surface area contributed by atoms with E-state index in [1.807, 2.05) is 9.80 Å². The van der Waals surface area contributed by atoms with Crippen LogP contribution in [0.1, 0.15) is 6.42 Å². The highest BCUT2D eigenvalue weighted by Crippen LogP contribution is 2.29. The first kappa shape index (κ1) is 16.2. The highest BCUT2D eigenvalue weighted by molar-refractivity contribution is 5.83.